The molecule has 13 heavy (non-hydrogen) atoms. The fraction of sp³-hybridized carbons (Fsp3) is 0. The smallest absolute Gasteiger partial charge is 0.0933 e. The van der Waals surface area contributed by atoms with E-state index in [1.165, 1.54) is 6.08 Å². The molecule has 2 N–H and O–H groups in total. The molecule has 0 saturated carbocycles. The number of halogens is 2. The third kappa shape index (κ3) is 2.71. The molecule has 66 valence electrons. The van der Waals surface area contributed by atoms with Gasteiger partial charge in [0.1, 0.15) is 0 Å². The summed E-state index contributed by atoms with van der Waals surface area (Å²) in [6, 6.07) is 7.70. The molecule has 1 aromatic carbocycles. The van der Waals surface area contributed by atoms with Crippen LogP contribution in [0.1, 0.15) is 5.56 Å². The maximum absolute atomic E-state index is 8.43. The molecule has 0 aliphatic rings. The summed E-state index contributed by atoms with van der Waals surface area (Å²) in [4.78, 5) is 0. The van der Waals surface area contributed by atoms with E-state index in [-0.39, 0.29) is 0 Å². The molecule has 0 aliphatic carbocycles. The minimum absolute atomic E-state index is 0.480. The van der Waals surface area contributed by atoms with Crippen molar-refractivity contribution in [3.8, 4) is 6.07 Å². The van der Waals surface area contributed by atoms with Gasteiger partial charge in [-0.1, -0.05) is 15.9 Å². The predicted octanol–water partition coefficient (Wildman–Crippen LogP) is 2.88. The van der Waals surface area contributed by atoms with E-state index in [0.717, 1.165) is 13.6 Å². The summed E-state index contributed by atoms with van der Waals surface area (Å²) in [7, 11) is 0. The average molecular weight is 349 g/mol. The van der Waals surface area contributed by atoms with Gasteiger partial charge in [-0.2, -0.15) is 5.26 Å². The van der Waals surface area contributed by atoms with Gasteiger partial charge in [0, 0.05) is 19.7 Å². The molecule has 0 unspecified atom stereocenters. The highest BCUT2D eigenvalue weighted by Gasteiger charge is 2.02. The Labute approximate surface area is 98.7 Å². The molecule has 1 rings (SSSR count). The third-order valence-corrected chi connectivity index (χ3v) is 2.82. The predicted molar refractivity (Wildman–Crippen MR) is 64.6 cm³/mol. The highest BCUT2D eigenvalue weighted by molar-refractivity contribution is 14.1. The monoisotopic (exact) mass is 348 g/mol. The molecule has 0 aromatic heterocycles. The molecule has 0 atom stereocenters. The lowest BCUT2D eigenvalue weighted by Gasteiger charge is -2.03. The van der Waals surface area contributed by atoms with E-state index in [4.69, 9.17) is 11.0 Å². The van der Waals surface area contributed by atoms with Gasteiger partial charge in [0.2, 0.25) is 0 Å². The molecule has 2 nitrogen and oxygen atoms in total. The molecular formula is C9H6BrIN2. The zero-order chi connectivity index (χ0) is 9.84. The molecule has 0 fully saturated rings. The van der Waals surface area contributed by atoms with E-state index in [1.54, 1.807) is 0 Å². The zero-order valence-electron chi connectivity index (χ0n) is 6.59. The molecule has 0 radical (unpaired) electrons. The van der Waals surface area contributed by atoms with Crippen LogP contribution < -0.4 is 5.73 Å². The second kappa shape index (κ2) is 4.63. The van der Waals surface area contributed by atoms with Crippen molar-refractivity contribution in [2.45, 2.75) is 0 Å². The summed E-state index contributed by atoms with van der Waals surface area (Å²) in [5, 5.41) is 8.43. The molecule has 0 spiro atoms. The van der Waals surface area contributed by atoms with Crippen molar-refractivity contribution in [3.05, 3.63) is 37.9 Å². The van der Waals surface area contributed by atoms with E-state index >= 15 is 0 Å². The zero-order valence-corrected chi connectivity index (χ0v) is 10.3. The van der Waals surface area contributed by atoms with Crippen molar-refractivity contribution in [2.24, 2.45) is 5.73 Å². The topological polar surface area (TPSA) is 49.8 Å². The summed E-state index contributed by atoms with van der Waals surface area (Å²) < 4.78 is 1.99. The van der Waals surface area contributed by atoms with Crippen LogP contribution in [0.5, 0.6) is 0 Å². The summed E-state index contributed by atoms with van der Waals surface area (Å²) in [5.74, 6) is 0. The Morgan fingerprint density at radius 3 is 2.92 bits per heavy atom. The van der Waals surface area contributed by atoms with E-state index in [1.807, 2.05) is 24.3 Å². The summed E-state index contributed by atoms with van der Waals surface area (Å²) >= 11 is 5.56. The van der Waals surface area contributed by atoms with Crippen molar-refractivity contribution in [1.82, 2.24) is 0 Å². The molecule has 0 bridgehead atoms. The molecule has 0 heterocycles. The normalized spacial score (nSPS) is 11.0. The minimum Gasteiger partial charge on any atom is -0.398 e. The van der Waals surface area contributed by atoms with Gasteiger partial charge >= 0.3 is 0 Å². The number of nitrogens with two attached hydrogens (primary N) is 1. The lowest BCUT2D eigenvalue weighted by atomic mass is 10.1. The first-order chi connectivity index (χ1) is 6.15. The molecule has 0 saturated heterocycles. The number of allylic oxidation sites excluding steroid dienone is 1. The number of nitriles is 1. The van der Waals surface area contributed by atoms with Crippen molar-refractivity contribution in [3.63, 3.8) is 0 Å². The Hall–Kier alpha value is -0.540. The number of hydrogen-bond donors (Lipinski definition) is 1. The molecular weight excluding hydrogens is 343 g/mol. The summed E-state index contributed by atoms with van der Waals surface area (Å²) in [5.41, 5.74) is 7.02. The molecule has 1 aromatic rings. The Kier molecular flexibility index (Phi) is 3.75. The van der Waals surface area contributed by atoms with Gasteiger partial charge in [-0.3, -0.25) is 0 Å². The maximum atomic E-state index is 8.43. The first-order valence-corrected chi connectivity index (χ1v) is 5.33. The first kappa shape index (κ1) is 10.5. The van der Waals surface area contributed by atoms with Crippen LogP contribution in [0.4, 0.5) is 0 Å². The van der Waals surface area contributed by atoms with Crippen LogP contribution in [0.2, 0.25) is 0 Å². The summed E-state index contributed by atoms with van der Waals surface area (Å²) in [6.07, 6.45) is 1.33. The minimum atomic E-state index is 0.480. The van der Waals surface area contributed by atoms with E-state index < -0.39 is 0 Å². The number of benzene rings is 1. The Morgan fingerprint density at radius 2 is 2.31 bits per heavy atom. The van der Waals surface area contributed by atoms with Crippen LogP contribution in [-0.2, 0) is 0 Å². The Bertz CT molecular complexity index is 393. The van der Waals surface area contributed by atoms with Crippen LogP contribution >= 0.6 is 38.5 Å². The maximum Gasteiger partial charge on any atom is 0.0933 e. The Balaban J connectivity index is 3.22. The fourth-order valence-corrected chi connectivity index (χ4v) is 1.83. The summed E-state index contributed by atoms with van der Waals surface area (Å²) in [6.45, 7) is 0. The molecule has 4 heteroatoms. The SMILES string of the molecule is N#C/C=C(/N)c1cc(I)ccc1Br. The van der Waals surface area contributed by atoms with Gasteiger partial charge in [-0.05, 0) is 40.8 Å². The second-order valence-corrected chi connectivity index (χ2v) is 4.45. The average Bonchev–Trinajstić information content (AvgIpc) is 2.09. The van der Waals surface area contributed by atoms with Gasteiger partial charge in [-0.15, -0.1) is 0 Å². The number of hydrogen-bond acceptors (Lipinski definition) is 2. The van der Waals surface area contributed by atoms with Crippen molar-refractivity contribution < 1.29 is 0 Å². The molecule has 0 amide bonds. The lowest BCUT2D eigenvalue weighted by molar-refractivity contribution is 1.45. The van der Waals surface area contributed by atoms with E-state index in [2.05, 4.69) is 38.5 Å². The highest BCUT2D eigenvalue weighted by Crippen LogP contribution is 2.23. The first-order valence-electron chi connectivity index (χ1n) is 3.46. The highest BCUT2D eigenvalue weighted by atomic mass is 127. The molecule has 0 aliphatic heterocycles. The van der Waals surface area contributed by atoms with Crippen LogP contribution in [0.3, 0.4) is 0 Å². The van der Waals surface area contributed by atoms with Gasteiger partial charge < -0.3 is 5.73 Å². The van der Waals surface area contributed by atoms with Crippen molar-refractivity contribution in [2.75, 3.05) is 0 Å². The van der Waals surface area contributed by atoms with E-state index in [0.29, 0.717) is 5.70 Å². The van der Waals surface area contributed by atoms with Crippen LogP contribution in [0.25, 0.3) is 5.70 Å². The quantitative estimate of drug-likeness (QED) is 0.626. The van der Waals surface area contributed by atoms with E-state index in [9.17, 15) is 0 Å². The van der Waals surface area contributed by atoms with Gasteiger partial charge in [0.25, 0.3) is 0 Å². The Morgan fingerprint density at radius 1 is 1.62 bits per heavy atom. The van der Waals surface area contributed by atoms with Gasteiger partial charge in [0.15, 0.2) is 0 Å². The van der Waals surface area contributed by atoms with Crippen molar-refractivity contribution >= 4 is 44.2 Å². The third-order valence-electron chi connectivity index (χ3n) is 1.46. The van der Waals surface area contributed by atoms with Crippen LogP contribution in [0.15, 0.2) is 28.7 Å². The second-order valence-electron chi connectivity index (χ2n) is 2.35. The lowest BCUT2D eigenvalue weighted by Crippen LogP contribution is -1.97. The van der Waals surface area contributed by atoms with Gasteiger partial charge in [-0.25, -0.2) is 0 Å². The van der Waals surface area contributed by atoms with Gasteiger partial charge in [0.05, 0.1) is 11.8 Å². The van der Waals surface area contributed by atoms with Crippen molar-refractivity contribution in [1.29, 1.82) is 5.26 Å². The number of nitrogens with zero attached hydrogens (tertiary/aromatic N) is 1. The van der Waals surface area contributed by atoms with Crippen LogP contribution in [0, 0.1) is 14.9 Å². The fourth-order valence-electron chi connectivity index (χ4n) is 0.866. The van der Waals surface area contributed by atoms with Crippen LogP contribution in [-0.4, -0.2) is 0 Å². The number of rotatable bonds is 1. The largest absolute Gasteiger partial charge is 0.398 e. The standard InChI is InChI=1S/C9H6BrIN2/c10-8-2-1-6(11)5-7(8)9(13)3-4-12/h1-3,5H,13H2/b9-3+.